The van der Waals surface area contributed by atoms with Gasteiger partial charge in [0.2, 0.25) is 0 Å². The van der Waals surface area contributed by atoms with Crippen LogP contribution in [0.2, 0.25) is 0 Å². The first-order valence-electron chi connectivity index (χ1n) is 11.3. The van der Waals surface area contributed by atoms with Gasteiger partial charge < -0.3 is 35.4 Å². The Morgan fingerprint density at radius 2 is 1.55 bits per heavy atom. The smallest absolute Gasteiger partial charge is 0.326 e. The number of carboxylic acids is 3. The number of hydrogen-bond donors (Lipinski definition) is 6. The molecule has 0 saturated carbocycles. The van der Waals surface area contributed by atoms with Gasteiger partial charge in [-0.15, -0.1) is 0 Å². The maximum Gasteiger partial charge on any atom is 0.326 e. The summed E-state index contributed by atoms with van der Waals surface area (Å²) in [6.07, 6.45) is 2.47. The fraction of sp³-hybridized carbons (Fsp3) is 0.810. The minimum Gasteiger partial charge on any atom is -0.481 e. The fourth-order valence-corrected chi connectivity index (χ4v) is 3.28. The van der Waals surface area contributed by atoms with E-state index in [0.29, 0.717) is 13.0 Å². The Balaban J connectivity index is 2.35. The Kier molecular flexibility index (Phi) is 12.7. The van der Waals surface area contributed by atoms with E-state index in [9.17, 15) is 24.3 Å². The molecule has 12 heteroatoms. The molecule has 0 aromatic carbocycles. The Labute approximate surface area is 193 Å². The number of carbonyl (C=O) groups is 4. The molecule has 1 aliphatic heterocycles. The lowest BCUT2D eigenvalue weighted by Gasteiger charge is -2.18. The van der Waals surface area contributed by atoms with Gasteiger partial charge in [0.1, 0.15) is 18.3 Å². The molecule has 6 N–H and O–H groups in total. The van der Waals surface area contributed by atoms with Crippen molar-refractivity contribution in [2.24, 2.45) is 0 Å². The molecule has 0 bridgehead atoms. The number of carboxylic acid groups (broad SMARTS) is 3. The van der Waals surface area contributed by atoms with Crippen molar-refractivity contribution in [1.82, 2.24) is 16.0 Å². The van der Waals surface area contributed by atoms with E-state index in [-0.39, 0.29) is 37.3 Å². The van der Waals surface area contributed by atoms with Gasteiger partial charge in [-0.25, -0.2) is 14.4 Å². The SMILES string of the molecule is CCCC(C)OCCC(C)NC1OC1CCC(NC(=O)N[C@@H](CCC(=O)O)C(=O)O)C(=O)O. The lowest BCUT2D eigenvalue weighted by molar-refractivity contribution is -0.140. The van der Waals surface area contributed by atoms with Gasteiger partial charge in [-0.05, 0) is 46.0 Å². The maximum atomic E-state index is 12.0. The molecule has 2 amide bonds. The Morgan fingerprint density at radius 1 is 0.939 bits per heavy atom. The van der Waals surface area contributed by atoms with Crippen molar-refractivity contribution in [1.29, 1.82) is 0 Å². The molecule has 1 fully saturated rings. The molecule has 0 radical (unpaired) electrons. The summed E-state index contributed by atoms with van der Waals surface area (Å²) in [4.78, 5) is 45.3. The summed E-state index contributed by atoms with van der Waals surface area (Å²) in [5.74, 6) is -3.87. The zero-order valence-corrected chi connectivity index (χ0v) is 19.4. The zero-order valence-electron chi connectivity index (χ0n) is 19.4. The third-order valence-corrected chi connectivity index (χ3v) is 5.27. The molecule has 0 aromatic heterocycles. The van der Waals surface area contributed by atoms with Gasteiger partial charge in [0.15, 0.2) is 0 Å². The molecule has 1 saturated heterocycles. The molecule has 1 heterocycles. The Morgan fingerprint density at radius 3 is 2.09 bits per heavy atom. The summed E-state index contributed by atoms with van der Waals surface area (Å²) >= 11 is 0. The molecule has 1 rings (SSSR count). The third-order valence-electron chi connectivity index (χ3n) is 5.27. The van der Waals surface area contributed by atoms with Crippen LogP contribution in [0.4, 0.5) is 4.79 Å². The van der Waals surface area contributed by atoms with Crippen LogP contribution in [-0.2, 0) is 23.9 Å². The number of nitrogens with one attached hydrogen (secondary N) is 3. The molecule has 5 unspecified atom stereocenters. The third kappa shape index (κ3) is 12.4. The normalized spacial score (nSPS) is 20.8. The van der Waals surface area contributed by atoms with Gasteiger partial charge in [-0.2, -0.15) is 0 Å². The van der Waals surface area contributed by atoms with Crippen LogP contribution >= 0.6 is 0 Å². The van der Waals surface area contributed by atoms with E-state index >= 15 is 0 Å². The summed E-state index contributed by atoms with van der Waals surface area (Å²) in [6, 6.07) is -3.51. The predicted octanol–water partition coefficient (Wildman–Crippen LogP) is 1.14. The molecule has 33 heavy (non-hydrogen) atoms. The van der Waals surface area contributed by atoms with Crippen LogP contribution in [-0.4, -0.2) is 82.4 Å². The Bertz CT molecular complexity index is 661. The monoisotopic (exact) mass is 475 g/mol. The van der Waals surface area contributed by atoms with Crippen molar-refractivity contribution in [3.8, 4) is 0 Å². The summed E-state index contributed by atoms with van der Waals surface area (Å²) in [7, 11) is 0. The number of rotatable bonds is 18. The van der Waals surface area contributed by atoms with Crippen molar-refractivity contribution in [2.45, 2.75) is 102 Å². The molecule has 0 aliphatic carbocycles. The van der Waals surface area contributed by atoms with E-state index < -0.39 is 42.4 Å². The van der Waals surface area contributed by atoms with Crippen LogP contribution in [0, 0.1) is 0 Å². The van der Waals surface area contributed by atoms with Gasteiger partial charge in [0.05, 0.1) is 12.2 Å². The van der Waals surface area contributed by atoms with E-state index in [1.54, 1.807) is 0 Å². The highest BCUT2D eigenvalue weighted by atomic mass is 16.6. The maximum absolute atomic E-state index is 12.0. The number of hydrogen-bond acceptors (Lipinski definition) is 7. The average Bonchev–Trinajstić information content (AvgIpc) is 3.45. The van der Waals surface area contributed by atoms with Gasteiger partial charge in [-0.3, -0.25) is 10.1 Å². The van der Waals surface area contributed by atoms with Crippen LogP contribution in [0.3, 0.4) is 0 Å². The fourth-order valence-electron chi connectivity index (χ4n) is 3.28. The van der Waals surface area contributed by atoms with E-state index in [2.05, 4.69) is 22.9 Å². The van der Waals surface area contributed by atoms with E-state index in [1.807, 2.05) is 13.8 Å². The van der Waals surface area contributed by atoms with Crippen molar-refractivity contribution in [3.63, 3.8) is 0 Å². The van der Waals surface area contributed by atoms with Gasteiger partial charge >= 0.3 is 23.9 Å². The first kappa shape index (κ1) is 28.6. The van der Waals surface area contributed by atoms with Crippen molar-refractivity contribution in [2.75, 3.05) is 6.61 Å². The second-order valence-electron chi connectivity index (χ2n) is 8.33. The van der Waals surface area contributed by atoms with Crippen LogP contribution in [0.15, 0.2) is 0 Å². The van der Waals surface area contributed by atoms with Crippen LogP contribution in [0.1, 0.15) is 65.7 Å². The molecular formula is C21H37N3O9. The van der Waals surface area contributed by atoms with E-state index in [1.165, 1.54) is 0 Å². The second-order valence-corrected chi connectivity index (χ2v) is 8.33. The zero-order chi connectivity index (χ0) is 25.0. The van der Waals surface area contributed by atoms with Crippen molar-refractivity contribution < 1.29 is 44.0 Å². The van der Waals surface area contributed by atoms with E-state index in [0.717, 1.165) is 19.3 Å². The van der Waals surface area contributed by atoms with Crippen LogP contribution < -0.4 is 16.0 Å². The largest absolute Gasteiger partial charge is 0.481 e. The van der Waals surface area contributed by atoms with Crippen LogP contribution in [0.25, 0.3) is 0 Å². The van der Waals surface area contributed by atoms with Crippen molar-refractivity contribution >= 4 is 23.9 Å². The van der Waals surface area contributed by atoms with Gasteiger partial charge in [-0.1, -0.05) is 13.3 Å². The predicted molar refractivity (Wildman–Crippen MR) is 117 cm³/mol. The topological polar surface area (TPSA) is 187 Å². The number of carbonyl (C=O) groups excluding carboxylic acids is 1. The van der Waals surface area contributed by atoms with E-state index in [4.69, 9.17) is 19.7 Å². The highest BCUT2D eigenvalue weighted by Gasteiger charge is 2.40. The highest BCUT2D eigenvalue weighted by Crippen LogP contribution is 2.25. The number of urea groups is 1. The Hall–Kier alpha value is -2.44. The quantitative estimate of drug-likeness (QED) is 0.157. The van der Waals surface area contributed by atoms with Gasteiger partial charge in [0.25, 0.3) is 0 Å². The van der Waals surface area contributed by atoms with Crippen molar-refractivity contribution in [3.05, 3.63) is 0 Å². The lowest BCUT2D eigenvalue weighted by Crippen LogP contribution is -2.51. The molecular weight excluding hydrogens is 438 g/mol. The average molecular weight is 476 g/mol. The minimum atomic E-state index is -1.44. The molecule has 0 aromatic rings. The lowest BCUT2D eigenvalue weighted by atomic mass is 10.1. The summed E-state index contributed by atoms with van der Waals surface area (Å²) in [5.41, 5.74) is 0. The molecule has 6 atom stereocenters. The first-order valence-corrected chi connectivity index (χ1v) is 11.3. The number of ether oxygens (including phenoxy) is 2. The summed E-state index contributed by atoms with van der Waals surface area (Å²) in [6.45, 7) is 6.81. The summed E-state index contributed by atoms with van der Waals surface area (Å²) in [5, 5.41) is 34.7. The molecule has 12 nitrogen and oxygen atoms in total. The molecule has 0 spiro atoms. The second kappa shape index (κ2) is 14.7. The molecule has 190 valence electrons. The van der Waals surface area contributed by atoms with Gasteiger partial charge in [0, 0.05) is 19.1 Å². The number of epoxide rings is 1. The number of amides is 2. The van der Waals surface area contributed by atoms with Crippen LogP contribution in [0.5, 0.6) is 0 Å². The highest BCUT2D eigenvalue weighted by molar-refractivity contribution is 5.86. The first-order chi connectivity index (χ1) is 15.5. The molecule has 1 aliphatic rings. The standard InChI is InChI=1S/C21H37N3O9/c1-4-5-13(3)32-11-10-12(2)22-18-16(33-18)8-6-14(19(27)28)23-21(31)24-15(20(29)30)7-9-17(25)26/h12-16,18,22H,4-11H2,1-3H3,(H,25,26)(H,27,28)(H,29,30)(H2,23,24,31)/t12?,13?,14?,15-,16?,18?/m0/s1. The number of aliphatic carboxylic acids is 3. The minimum absolute atomic E-state index is 0.0878. The summed E-state index contributed by atoms with van der Waals surface area (Å²) < 4.78 is 11.3.